The molecule has 5 nitrogen and oxygen atoms in total. The van der Waals surface area contributed by atoms with Crippen molar-refractivity contribution < 1.29 is 19.8 Å². The molecule has 0 aliphatic rings. The van der Waals surface area contributed by atoms with Crippen molar-refractivity contribution in [1.29, 1.82) is 0 Å². The minimum atomic E-state index is -0.348. The molecule has 3 N–H and O–H groups in total. The number of hydrogen-bond acceptors (Lipinski definition) is 4. The van der Waals surface area contributed by atoms with Crippen LogP contribution in [0.15, 0.2) is 18.2 Å². The topological polar surface area (TPSA) is 86.6 Å². The first-order valence-corrected chi connectivity index (χ1v) is 6.45. The number of phenols is 2. The van der Waals surface area contributed by atoms with Gasteiger partial charge in [-0.05, 0) is 24.1 Å². The smallest absolute Gasteiger partial charge is 0.236 e. The number of imide groups is 1. The van der Waals surface area contributed by atoms with Crippen LogP contribution in [0.1, 0.15) is 12.0 Å². The van der Waals surface area contributed by atoms with Crippen molar-refractivity contribution >= 4 is 34.4 Å². The third-order valence-electron chi connectivity index (χ3n) is 2.08. The third-order valence-corrected chi connectivity index (χ3v) is 2.77. The molecule has 0 spiro atoms. The number of carbonyl (C=O) groups excluding carboxylic acids is 2. The Bertz CT molecular complexity index is 433. The second-order valence-corrected chi connectivity index (χ2v) is 4.19. The van der Waals surface area contributed by atoms with E-state index in [0.29, 0.717) is 6.42 Å². The summed E-state index contributed by atoms with van der Waals surface area (Å²) in [5.74, 6) is -1.08. The van der Waals surface area contributed by atoms with Crippen molar-refractivity contribution in [2.45, 2.75) is 12.8 Å². The van der Waals surface area contributed by atoms with E-state index in [1.54, 1.807) is 6.07 Å². The van der Waals surface area contributed by atoms with Crippen LogP contribution in [0.4, 0.5) is 0 Å². The summed E-state index contributed by atoms with van der Waals surface area (Å²) in [6, 6.07) is 4.36. The molecule has 0 aromatic heterocycles. The van der Waals surface area contributed by atoms with E-state index in [0.717, 1.165) is 5.56 Å². The molecule has 0 saturated carbocycles. The van der Waals surface area contributed by atoms with Gasteiger partial charge in [0.2, 0.25) is 11.8 Å². The minimum Gasteiger partial charge on any atom is -0.504 e. The summed E-state index contributed by atoms with van der Waals surface area (Å²) in [7, 11) is 0. The number of rotatable bonds is 4. The largest absolute Gasteiger partial charge is 0.504 e. The average molecular weight is 349 g/mol. The van der Waals surface area contributed by atoms with E-state index >= 15 is 0 Å². The monoisotopic (exact) mass is 349 g/mol. The van der Waals surface area contributed by atoms with E-state index in [9.17, 15) is 14.7 Å². The quantitative estimate of drug-likeness (QED) is 0.432. The molecule has 0 saturated heterocycles. The van der Waals surface area contributed by atoms with Crippen LogP contribution in [0.25, 0.3) is 0 Å². The standard InChI is InChI=1S/C11H12INO4/c12-6-11(17)13-10(16)4-2-7-1-3-8(14)9(15)5-7/h1,3,5,14-15H,2,4,6H2,(H,13,16,17). The van der Waals surface area contributed by atoms with E-state index < -0.39 is 0 Å². The number of aryl methyl sites for hydroxylation is 1. The molecule has 0 heterocycles. The van der Waals surface area contributed by atoms with E-state index in [4.69, 9.17) is 5.11 Å². The second-order valence-electron chi connectivity index (χ2n) is 3.43. The lowest BCUT2D eigenvalue weighted by Crippen LogP contribution is -2.31. The lowest BCUT2D eigenvalue weighted by Gasteiger charge is -2.04. The number of aromatic hydroxyl groups is 2. The van der Waals surface area contributed by atoms with Crippen molar-refractivity contribution in [3.05, 3.63) is 23.8 Å². The van der Waals surface area contributed by atoms with E-state index in [1.807, 2.05) is 22.6 Å². The summed E-state index contributed by atoms with van der Waals surface area (Å²) in [6.45, 7) is 0. The lowest BCUT2D eigenvalue weighted by atomic mass is 10.1. The fraction of sp³-hybridized carbons (Fsp3) is 0.273. The van der Waals surface area contributed by atoms with Gasteiger partial charge in [0.25, 0.3) is 0 Å². The maximum Gasteiger partial charge on any atom is 0.236 e. The van der Waals surface area contributed by atoms with Gasteiger partial charge < -0.3 is 10.2 Å². The summed E-state index contributed by atoms with van der Waals surface area (Å²) in [4.78, 5) is 22.2. The molecule has 1 aromatic carbocycles. The predicted molar refractivity (Wildman–Crippen MR) is 70.1 cm³/mol. The van der Waals surface area contributed by atoms with Gasteiger partial charge >= 0.3 is 0 Å². The number of hydrogen-bond donors (Lipinski definition) is 3. The van der Waals surface area contributed by atoms with Gasteiger partial charge in [-0.1, -0.05) is 28.7 Å². The highest BCUT2D eigenvalue weighted by atomic mass is 127. The van der Waals surface area contributed by atoms with Gasteiger partial charge in [0, 0.05) is 6.42 Å². The van der Waals surface area contributed by atoms with Crippen LogP contribution in [-0.2, 0) is 16.0 Å². The average Bonchev–Trinajstić information content (AvgIpc) is 2.30. The Morgan fingerprint density at radius 2 is 1.88 bits per heavy atom. The molecular formula is C11H12INO4. The Kier molecular flexibility index (Phi) is 5.20. The van der Waals surface area contributed by atoms with Crippen molar-refractivity contribution in [2.75, 3.05) is 4.43 Å². The number of nitrogens with one attached hydrogen (secondary N) is 1. The second kappa shape index (κ2) is 6.43. The summed E-state index contributed by atoms with van der Waals surface area (Å²) in [5, 5.41) is 20.6. The predicted octanol–water partition coefficient (Wildman–Crippen LogP) is 1.11. The summed E-state index contributed by atoms with van der Waals surface area (Å²) >= 11 is 1.87. The zero-order valence-corrected chi connectivity index (χ0v) is 11.1. The van der Waals surface area contributed by atoms with Crippen molar-refractivity contribution in [2.24, 2.45) is 0 Å². The van der Waals surface area contributed by atoms with Gasteiger partial charge in [-0.15, -0.1) is 0 Å². The van der Waals surface area contributed by atoms with E-state index in [1.165, 1.54) is 12.1 Å². The number of phenolic OH excluding ortho intramolecular Hbond substituents is 2. The van der Waals surface area contributed by atoms with Crippen LogP contribution in [0.3, 0.4) is 0 Å². The van der Waals surface area contributed by atoms with Crippen LogP contribution in [0.5, 0.6) is 11.5 Å². The third kappa shape index (κ3) is 4.59. The van der Waals surface area contributed by atoms with Gasteiger partial charge in [-0.25, -0.2) is 0 Å². The SMILES string of the molecule is O=C(CI)NC(=O)CCc1ccc(O)c(O)c1. The van der Waals surface area contributed by atoms with Gasteiger partial charge in [-0.3, -0.25) is 14.9 Å². The molecule has 0 bridgehead atoms. The van der Waals surface area contributed by atoms with Crippen LogP contribution in [0.2, 0.25) is 0 Å². The summed E-state index contributed by atoms with van der Waals surface area (Å²) in [5.41, 5.74) is 0.720. The normalized spacial score (nSPS) is 9.94. The maximum atomic E-state index is 11.3. The molecular weight excluding hydrogens is 337 g/mol. The van der Waals surface area contributed by atoms with Crippen LogP contribution in [0, 0.1) is 0 Å². The molecule has 0 fully saturated rings. The molecule has 1 rings (SSSR count). The highest BCUT2D eigenvalue weighted by Gasteiger charge is 2.07. The van der Waals surface area contributed by atoms with Crippen LogP contribution < -0.4 is 5.32 Å². The Labute approximate surface area is 112 Å². The molecule has 0 aliphatic heterocycles. The fourth-order valence-electron chi connectivity index (χ4n) is 1.23. The zero-order chi connectivity index (χ0) is 12.8. The van der Waals surface area contributed by atoms with Gasteiger partial charge in [0.05, 0.1) is 4.43 Å². The van der Waals surface area contributed by atoms with Gasteiger partial charge in [0.1, 0.15) is 0 Å². The molecule has 1 aromatic rings. The van der Waals surface area contributed by atoms with Gasteiger partial charge in [-0.2, -0.15) is 0 Å². The maximum absolute atomic E-state index is 11.3. The van der Waals surface area contributed by atoms with Crippen LogP contribution >= 0.6 is 22.6 Å². The number of amides is 2. The minimum absolute atomic E-state index is 0.159. The molecule has 0 unspecified atom stereocenters. The van der Waals surface area contributed by atoms with Gasteiger partial charge in [0.15, 0.2) is 11.5 Å². The highest BCUT2D eigenvalue weighted by Crippen LogP contribution is 2.25. The first kappa shape index (κ1) is 13.8. The Morgan fingerprint density at radius 1 is 1.18 bits per heavy atom. The molecule has 6 heteroatoms. The summed E-state index contributed by atoms with van der Waals surface area (Å²) < 4.78 is 0.240. The Balaban J connectivity index is 2.47. The fourth-order valence-corrected chi connectivity index (χ4v) is 1.42. The summed E-state index contributed by atoms with van der Waals surface area (Å²) in [6.07, 6.45) is 0.556. The number of halogens is 1. The van der Waals surface area contributed by atoms with Crippen molar-refractivity contribution in [3.63, 3.8) is 0 Å². The first-order valence-electron chi connectivity index (χ1n) is 4.92. The zero-order valence-electron chi connectivity index (χ0n) is 8.94. The van der Waals surface area contributed by atoms with Crippen LogP contribution in [-0.4, -0.2) is 26.5 Å². The lowest BCUT2D eigenvalue weighted by molar-refractivity contribution is -0.128. The Morgan fingerprint density at radius 3 is 2.47 bits per heavy atom. The Hall–Kier alpha value is -1.31. The first-order chi connectivity index (χ1) is 8.02. The van der Waals surface area contributed by atoms with E-state index in [2.05, 4.69) is 5.32 Å². The molecule has 0 radical (unpaired) electrons. The van der Waals surface area contributed by atoms with Crippen molar-refractivity contribution in [1.82, 2.24) is 5.32 Å². The molecule has 17 heavy (non-hydrogen) atoms. The van der Waals surface area contributed by atoms with E-state index in [-0.39, 0.29) is 34.2 Å². The van der Waals surface area contributed by atoms with Crippen molar-refractivity contribution in [3.8, 4) is 11.5 Å². The molecule has 92 valence electrons. The highest BCUT2D eigenvalue weighted by molar-refractivity contribution is 14.1. The number of alkyl halides is 1. The molecule has 2 amide bonds. The number of carbonyl (C=O) groups is 2. The molecule has 0 atom stereocenters. The number of benzene rings is 1. The molecule has 0 aliphatic carbocycles.